The van der Waals surface area contributed by atoms with E-state index in [4.69, 9.17) is 4.74 Å². The normalized spacial score (nSPS) is 25.9. The fourth-order valence-corrected chi connectivity index (χ4v) is 3.68. The summed E-state index contributed by atoms with van der Waals surface area (Å²) in [7, 11) is 0. The summed E-state index contributed by atoms with van der Waals surface area (Å²) in [6.45, 7) is 5.36. The van der Waals surface area contributed by atoms with Crippen molar-refractivity contribution in [2.45, 2.75) is 26.1 Å². The first-order valence-corrected chi connectivity index (χ1v) is 8.41. The van der Waals surface area contributed by atoms with Crippen molar-refractivity contribution in [2.24, 2.45) is 4.99 Å². The van der Waals surface area contributed by atoms with Gasteiger partial charge in [-0.25, -0.2) is 0 Å². The van der Waals surface area contributed by atoms with Crippen LogP contribution < -0.4 is 0 Å². The van der Waals surface area contributed by atoms with E-state index in [0.29, 0.717) is 28.7 Å². The number of nitro benzene ring substituents is 1. The van der Waals surface area contributed by atoms with Crippen molar-refractivity contribution in [3.63, 3.8) is 0 Å². The molecule has 2 aliphatic rings. The van der Waals surface area contributed by atoms with E-state index in [1.54, 1.807) is 18.2 Å². The number of amides is 1. The number of aliphatic imine (C=N–C) groups is 1. The van der Waals surface area contributed by atoms with Crippen LogP contribution in [0, 0.1) is 10.1 Å². The van der Waals surface area contributed by atoms with Crippen LogP contribution in [0.15, 0.2) is 34.2 Å². The van der Waals surface area contributed by atoms with Crippen LogP contribution in [0.5, 0.6) is 0 Å². The Hall–Kier alpha value is -2.19. The van der Waals surface area contributed by atoms with E-state index >= 15 is 0 Å². The lowest BCUT2D eigenvalue weighted by atomic mass is 10.2. The molecule has 2 heterocycles. The summed E-state index contributed by atoms with van der Waals surface area (Å²) in [4.78, 5) is 29.2. The van der Waals surface area contributed by atoms with Crippen LogP contribution in [0.25, 0.3) is 6.08 Å². The predicted octanol–water partition coefficient (Wildman–Crippen LogP) is 2.67. The van der Waals surface area contributed by atoms with Crippen LogP contribution in [0.1, 0.15) is 19.4 Å². The van der Waals surface area contributed by atoms with E-state index in [1.807, 2.05) is 13.8 Å². The third-order valence-electron chi connectivity index (χ3n) is 3.68. The summed E-state index contributed by atoms with van der Waals surface area (Å²) in [5, 5.41) is 11.5. The van der Waals surface area contributed by atoms with Crippen LogP contribution in [0.3, 0.4) is 0 Å². The van der Waals surface area contributed by atoms with Crippen molar-refractivity contribution in [3.8, 4) is 0 Å². The highest BCUT2D eigenvalue weighted by Crippen LogP contribution is 2.32. The number of rotatable bonds is 2. The zero-order valence-corrected chi connectivity index (χ0v) is 14.2. The molecule has 1 aromatic rings. The summed E-state index contributed by atoms with van der Waals surface area (Å²) in [6, 6.07) is 6.19. The number of amidine groups is 1. The first-order chi connectivity index (χ1) is 11.4. The first-order valence-electron chi connectivity index (χ1n) is 7.60. The third kappa shape index (κ3) is 3.65. The Morgan fingerprint density at radius 3 is 2.75 bits per heavy atom. The van der Waals surface area contributed by atoms with E-state index in [2.05, 4.69) is 9.89 Å². The molecule has 2 aliphatic heterocycles. The zero-order valence-electron chi connectivity index (χ0n) is 13.3. The Kier molecular flexibility index (Phi) is 4.68. The molecule has 24 heavy (non-hydrogen) atoms. The van der Waals surface area contributed by atoms with Crippen molar-refractivity contribution in [3.05, 3.63) is 44.8 Å². The summed E-state index contributed by atoms with van der Waals surface area (Å²) in [6.07, 6.45) is 1.80. The second-order valence-corrected chi connectivity index (χ2v) is 6.83. The van der Waals surface area contributed by atoms with Gasteiger partial charge in [-0.3, -0.25) is 14.9 Å². The Morgan fingerprint density at radius 1 is 1.38 bits per heavy atom. The smallest absolute Gasteiger partial charge is 0.286 e. The molecule has 0 aromatic heterocycles. The standard InChI is InChI=1S/C16H17N3O4S/c1-10-8-18(9-11(2)23-10)16-17-15(20)14(24-16)7-12-4-3-5-13(6-12)19(21)22/h3-7,10-11H,8-9H2,1-2H3/b14-7-/t10-,11+. The molecule has 0 radical (unpaired) electrons. The van der Waals surface area contributed by atoms with E-state index in [-0.39, 0.29) is 23.8 Å². The highest BCUT2D eigenvalue weighted by atomic mass is 32.2. The molecule has 8 heteroatoms. The van der Waals surface area contributed by atoms with Crippen molar-refractivity contribution >= 4 is 34.6 Å². The molecule has 0 saturated carbocycles. The fourth-order valence-electron chi connectivity index (χ4n) is 2.75. The summed E-state index contributed by atoms with van der Waals surface area (Å²) >= 11 is 1.30. The molecule has 2 atom stereocenters. The van der Waals surface area contributed by atoms with Crippen molar-refractivity contribution in [1.82, 2.24) is 4.90 Å². The average molecular weight is 347 g/mol. The summed E-state index contributed by atoms with van der Waals surface area (Å²) in [5.74, 6) is -0.312. The van der Waals surface area contributed by atoms with Gasteiger partial charge in [-0.2, -0.15) is 4.99 Å². The number of nitro groups is 1. The van der Waals surface area contributed by atoms with Crippen LogP contribution in [-0.4, -0.2) is 46.2 Å². The minimum absolute atomic E-state index is 0.00299. The molecular formula is C16H17N3O4S. The monoisotopic (exact) mass is 347 g/mol. The van der Waals surface area contributed by atoms with Gasteiger partial charge in [0.1, 0.15) is 0 Å². The molecule has 1 aromatic carbocycles. The number of morpholine rings is 1. The third-order valence-corrected chi connectivity index (χ3v) is 4.72. The van der Waals surface area contributed by atoms with E-state index < -0.39 is 4.92 Å². The molecule has 1 fully saturated rings. The second-order valence-electron chi connectivity index (χ2n) is 5.82. The number of carbonyl (C=O) groups excluding carboxylic acids is 1. The lowest BCUT2D eigenvalue weighted by molar-refractivity contribution is -0.384. The van der Waals surface area contributed by atoms with Crippen LogP contribution in [0.4, 0.5) is 5.69 Å². The SMILES string of the molecule is C[C@@H]1CN(C2=NC(=O)/C(=C/c3cccc([N+](=O)[O-])c3)S2)C[C@H](C)O1. The van der Waals surface area contributed by atoms with Crippen molar-refractivity contribution in [1.29, 1.82) is 0 Å². The number of nitrogens with zero attached hydrogens (tertiary/aromatic N) is 3. The van der Waals surface area contributed by atoms with Crippen LogP contribution in [-0.2, 0) is 9.53 Å². The maximum Gasteiger partial charge on any atom is 0.286 e. The molecule has 1 saturated heterocycles. The molecular weight excluding hydrogens is 330 g/mol. The van der Waals surface area contributed by atoms with E-state index in [1.165, 1.54) is 23.9 Å². The van der Waals surface area contributed by atoms with Gasteiger partial charge in [-0.05, 0) is 37.2 Å². The van der Waals surface area contributed by atoms with Gasteiger partial charge in [-0.1, -0.05) is 12.1 Å². The number of thioether (sulfide) groups is 1. The van der Waals surface area contributed by atoms with Gasteiger partial charge >= 0.3 is 0 Å². The summed E-state index contributed by atoms with van der Waals surface area (Å²) < 4.78 is 5.69. The molecule has 7 nitrogen and oxygen atoms in total. The Labute approximate surface area is 143 Å². The highest BCUT2D eigenvalue weighted by molar-refractivity contribution is 8.18. The average Bonchev–Trinajstić information content (AvgIpc) is 2.88. The lowest BCUT2D eigenvalue weighted by Gasteiger charge is -2.35. The van der Waals surface area contributed by atoms with Gasteiger partial charge in [0.2, 0.25) is 0 Å². The topological polar surface area (TPSA) is 85.0 Å². The van der Waals surface area contributed by atoms with E-state index in [9.17, 15) is 14.9 Å². The number of benzene rings is 1. The van der Waals surface area contributed by atoms with Crippen molar-refractivity contribution < 1.29 is 14.5 Å². The largest absolute Gasteiger partial charge is 0.372 e. The minimum atomic E-state index is -0.454. The Bertz CT molecular complexity index is 737. The minimum Gasteiger partial charge on any atom is -0.372 e. The zero-order chi connectivity index (χ0) is 17.3. The molecule has 126 valence electrons. The maximum absolute atomic E-state index is 12.1. The Morgan fingerprint density at radius 2 is 2.08 bits per heavy atom. The van der Waals surface area contributed by atoms with Gasteiger partial charge < -0.3 is 9.64 Å². The molecule has 0 bridgehead atoms. The summed E-state index contributed by atoms with van der Waals surface area (Å²) in [5.41, 5.74) is 0.608. The van der Waals surface area contributed by atoms with Gasteiger partial charge in [0, 0.05) is 25.2 Å². The quantitative estimate of drug-likeness (QED) is 0.464. The molecule has 0 unspecified atom stereocenters. The van der Waals surface area contributed by atoms with Crippen LogP contribution >= 0.6 is 11.8 Å². The van der Waals surface area contributed by atoms with E-state index in [0.717, 1.165) is 0 Å². The van der Waals surface area contributed by atoms with Crippen LogP contribution in [0.2, 0.25) is 0 Å². The van der Waals surface area contributed by atoms with Gasteiger partial charge in [0.25, 0.3) is 11.6 Å². The first kappa shape index (κ1) is 16.7. The highest BCUT2D eigenvalue weighted by Gasteiger charge is 2.31. The lowest BCUT2D eigenvalue weighted by Crippen LogP contribution is -2.47. The number of non-ortho nitro benzene ring substituents is 1. The number of carbonyl (C=O) groups is 1. The molecule has 0 N–H and O–H groups in total. The molecule has 1 amide bonds. The fraction of sp³-hybridized carbons (Fsp3) is 0.375. The number of hydrogen-bond donors (Lipinski definition) is 0. The molecule has 0 spiro atoms. The maximum atomic E-state index is 12.1. The van der Waals surface area contributed by atoms with Gasteiger partial charge in [0.15, 0.2) is 5.17 Å². The number of ether oxygens (including phenoxy) is 1. The Balaban J connectivity index is 1.77. The second kappa shape index (κ2) is 6.74. The van der Waals surface area contributed by atoms with Crippen molar-refractivity contribution in [2.75, 3.05) is 13.1 Å². The van der Waals surface area contributed by atoms with Gasteiger partial charge in [-0.15, -0.1) is 0 Å². The molecule has 3 rings (SSSR count). The predicted molar refractivity (Wildman–Crippen MR) is 92.7 cm³/mol. The number of hydrogen-bond acceptors (Lipinski definition) is 6. The van der Waals surface area contributed by atoms with Gasteiger partial charge in [0.05, 0.1) is 22.0 Å². The molecule has 0 aliphatic carbocycles.